The van der Waals surface area contributed by atoms with Crippen LogP contribution in [0.15, 0.2) is 28.7 Å². The molecule has 4 rings (SSSR count). The van der Waals surface area contributed by atoms with Gasteiger partial charge >= 0.3 is 0 Å². The number of aromatic nitrogens is 2. The Hall–Kier alpha value is -2.96. The Balaban J connectivity index is 1.51. The van der Waals surface area contributed by atoms with Gasteiger partial charge in [0.15, 0.2) is 0 Å². The molecule has 0 spiro atoms. The van der Waals surface area contributed by atoms with Gasteiger partial charge in [0.05, 0.1) is 11.3 Å². The van der Waals surface area contributed by atoms with Gasteiger partial charge in [-0.3, -0.25) is 4.79 Å². The Kier molecular flexibility index (Phi) is 5.22. The molecule has 3 aromatic rings. The third kappa shape index (κ3) is 3.95. The molecule has 3 heterocycles. The molecular weight excluding hydrogens is 371 g/mol. The molecule has 0 radical (unpaired) electrons. The molecule has 1 N–H and O–H groups in total. The summed E-state index contributed by atoms with van der Waals surface area (Å²) in [4.78, 5) is 24.0. The summed E-state index contributed by atoms with van der Waals surface area (Å²) < 4.78 is 19.1. The van der Waals surface area contributed by atoms with E-state index in [-0.39, 0.29) is 17.6 Å². The third-order valence-electron chi connectivity index (χ3n) is 5.57. The maximum Gasteiger partial charge on any atom is 0.231 e. The molecule has 152 valence electrons. The number of piperidine rings is 1. The van der Waals surface area contributed by atoms with Gasteiger partial charge < -0.3 is 14.6 Å². The van der Waals surface area contributed by atoms with Gasteiger partial charge in [0.25, 0.3) is 0 Å². The predicted octanol–water partition coefficient (Wildman–Crippen LogP) is 3.82. The number of aryl methyl sites for hydroxylation is 3. The van der Waals surface area contributed by atoms with E-state index in [4.69, 9.17) is 4.42 Å². The Labute approximate surface area is 169 Å². The molecule has 2 aromatic heterocycles. The van der Waals surface area contributed by atoms with Crippen LogP contribution in [-0.2, 0) is 11.3 Å². The lowest BCUT2D eigenvalue weighted by Gasteiger charge is -2.33. The van der Waals surface area contributed by atoms with Crippen molar-refractivity contribution in [2.75, 3.05) is 18.0 Å². The Morgan fingerprint density at radius 1 is 1.31 bits per heavy atom. The van der Waals surface area contributed by atoms with Crippen LogP contribution in [0.1, 0.15) is 35.6 Å². The van der Waals surface area contributed by atoms with Crippen molar-refractivity contribution in [1.82, 2.24) is 15.3 Å². The fourth-order valence-electron chi connectivity index (χ4n) is 3.93. The van der Waals surface area contributed by atoms with E-state index in [1.54, 1.807) is 12.1 Å². The molecule has 1 fully saturated rings. The van der Waals surface area contributed by atoms with Crippen LogP contribution in [-0.4, -0.2) is 29.0 Å². The summed E-state index contributed by atoms with van der Waals surface area (Å²) in [5.74, 6) is 1.87. The zero-order valence-electron chi connectivity index (χ0n) is 17.0. The number of hydrogen-bond acceptors (Lipinski definition) is 5. The van der Waals surface area contributed by atoms with Crippen LogP contribution in [0.5, 0.6) is 0 Å². The topological polar surface area (TPSA) is 71.3 Å². The Morgan fingerprint density at radius 3 is 2.93 bits per heavy atom. The van der Waals surface area contributed by atoms with E-state index in [9.17, 15) is 9.18 Å². The zero-order valence-corrected chi connectivity index (χ0v) is 17.0. The highest BCUT2D eigenvalue weighted by molar-refractivity contribution is 5.90. The minimum absolute atomic E-state index is 0.0129. The fourth-order valence-corrected chi connectivity index (χ4v) is 3.93. The average molecular weight is 396 g/mol. The van der Waals surface area contributed by atoms with Gasteiger partial charge in [-0.2, -0.15) is 4.98 Å². The van der Waals surface area contributed by atoms with Crippen LogP contribution < -0.4 is 10.2 Å². The largest absolute Gasteiger partial charge is 0.443 e. The molecule has 1 aliphatic heterocycles. The number of hydrogen-bond donors (Lipinski definition) is 1. The quantitative estimate of drug-likeness (QED) is 0.726. The summed E-state index contributed by atoms with van der Waals surface area (Å²) in [5, 5.41) is 3.87. The first-order chi connectivity index (χ1) is 13.9. The molecule has 1 unspecified atom stereocenters. The van der Waals surface area contributed by atoms with Crippen molar-refractivity contribution >= 4 is 22.8 Å². The van der Waals surface area contributed by atoms with E-state index in [1.807, 2.05) is 20.8 Å². The van der Waals surface area contributed by atoms with E-state index in [0.717, 1.165) is 47.5 Å². The number of fused-ring (bicyclic) bond motifs is 1. The van der Waals surface area contributed by atoms with E-state index in [0.29, 0.717) is 24.6 Å². The monoisotopic (exact) mass is 396 g/mol. The second-order valence-electron chi connectivity index (χ2n) is 7.69. The Morgan fingerprint density at radius 2 is 2.14 bits per heavy atom. The maximum atomic E-state index is 13.3. The molecule has 7 heteroatoms. The number of nitrogens with zero attached hydrogens (tertiary/aromatic N) is 3. The van der Waals surface area contributed by atoms with Crippen molar-refractivity contribution in [3.05, 3.63) is 52.8 Å². The van der Waals surface area contributed by atoms with Gasteiger partial charge in [0.1, 0.15) is 23.2 Å². The third-order valence-corrected chi connectivity index (χ3v) is 5.57. The summed E-state index contributed by atoms with van der Waals surface area (Å²) >= 11 is 0. The summed E-state index contributed by atoms with van der Waals surface area (Å²) in [7, 11) is 0. The lowest BCUT2D eigenvalue weighted by atomic mass is 9.96. The summed E-state index contributed by atoms with van der Waals surface area (Å²) in [6.07, 6.45) is 1.72. The van der Waals surface area contributed by atoms with Gasteiger partial charge in [-0.1, -0.05) is 12.1 Å². The molecule has 0 saturated carbocycles. The highest BCUT2D eigenvalue weighted by Gasteiger charge is 2.29. The number of halogens is 1. The van der Waals surface area contributed by atoms with Crippen molar-refractivity contribution in [2.45, 2.75) is 40.2 Å². The Bertz CT molecular complexity index is 1060. The molecule has 1 atom stereocenters. The van der Waals surface area contributed by atoms with Gasteiger partial charge in [-0.15, -0.1) is 0 Å². The van der Waals surface area contributed by atoms with Crippen molar-refractivity contribution < 1.29 is 13.6 Å². The SMILES string of the molecule is Cc1nc(N2CCCC(C(=O)NCc3cccc(F)c3)C2)c2c(C)c(C)oc2n1. The van der Waals surface area contributed by atoms with Gasteiger partial charge in [0, 0.05) is 25.2 Å². The lowest BCUT2D eigenvalue weighted by molar-refractivity contribution is -0.125. The number of nitrogens with one attached hydrogen (secondary N) is 1. The highest BCUT2D eigenvalue weighted by atomic mass is 19.1. The first kappa shape index (κ1) is 19.4. The van der Waals surface area contributed by atoms with Gasteiger partial charge in [-0.25, -0.2) is 9.37 Å². The smallest absolute Gasteiger partial charge is 0.231 e. The number of benzene rings is 1. The zero-order chi connectivity index (χ0) is 20.5. The average Bonchev–Trinajstić information content (AvgIpc) is 2.99. The van der Waals surface area contributed by atoms with Crippen LogP contribution in [0, 0.1) is 32.5 Å². The normalized spacial score (nSPS) is 17.0. The number of carbonyl (C=O) groups excluding carboxylic acids is 1. The summed E-state index contributed by atoms with van der Waals surface area (Å²) in [5.41, 5.74) is 2.39. The minimum atomic E-state index is -0.297. The molecular formula is C22H25FN4O2. The van der Waals surface area contributed by atoms with Crippen LogP contribution in [0.25, 0.3) is 11.1 Å². The van der Waals surface area contributed by atoms with E-state index >= 15 is 0 Å². The van der Waals surface area contributed by atoms with Crippen LogP contribution in [0.3, 0.4) is 0 Å². The second-order valence-corrected chi connectivity index (χ2v) is 7.69. The summed E-state index contributed by atoms with van der Waals surface area (Å²) in [6, 6.07) is 6.30. The number of rotatable bonds is 4. The number of carbonyl (C=O) groups is 1. The standard InChI is InChI=1S/C22H25FN4O2/c1-13-14(2)29-22-19(13)20(25-15(3)26-22)27-9-5-7-17(12-27)21(28)24-11-16-6-4-8-18(23)10-16/h4,6,8,10,17H,5,7,9,11-12H2,1-3H3,(H,24,28). The van der Waals surface area contributed by atoms with E-state index in [1.165, 1.54) is 12.1 Å². The van der Waals surface area contributed by atoms with Crippen LogP contribution in [0.2, 0.25) is 0 Å². The van der Waals surface area contributed by atoms with Crippen molar-refractivity contribution in [3.8, 4) is 0 Å². The molecule has 0 aliphatic carbocycles. The first-order valence-electron chi connectivity index (χ1n) is 9.94. The molecule has 1 aromatic carbocycles. The predicted molar refractivity (Wildman–Crippen MR) is 109 cm³/mol. The first-order valence-corrected chi connectivity index (χ1v) is 9.94. The fraction of sp³-hybridized carbons (Fsp3) is 0.409. The van der Waals surface area contributed by atoms with E-state index in [2.05, 4.69) is 20.2 Å². The molecule has 1 saturated heterocycles. The second kappa shape index (κ2) is 7.81. The molecule has 6 nitrogen and oxygen atoms in total. The van der Waals surface area contributed by atoms with Crippen molar-refractivity contribution in [3.63, 3.8) is 0 Å². The number of amides is 1. The number of furan rings is 1. The minimum Gasteiger partial charge on any atom is -0.443 e. The van der Waals surface area contributed by atoms with Crippen molar-refractivity contribution in [1.29, 1.82) is 0 Å². The molecule has 0 bridgehead atoms. The van der Waals surface area contributed by atoms with Crippen LogP contribution in [0.4, 0.5) is 10.2 Å². The molecule has 1 aliphatic rings. The molecule has 1 amide bonds. The molecule has 29 heavy (non-hydrogen) atoms. The highest BCUT2D eigenvalue weighted by Crippen LogP contribution is 2.33. The van der Waals surface area contributed by atoms with Crippen LogP contribution >= 0.6 is 0 Å². The van der Waals surface area contributed by atoms with Gasteiger partial charge in [0.2, 0.25) is 11.6 Å². The summed E-state index contributed by atoms with van der Waals surface area (Å²) in [6.45, 7) is 7.53. The number of anilines is 1. The van der Waals surface area contributed by atoms with Crippen molar-refractivity contribution in [2.24, 2.45) is 5.92 Å². The lowest BCUT2D eigenvalue weighted by Crippen LogP contribution is -2.43. The maximum absolute atomic E-state index is 13.3. The van der Waals surface area contributed by atoms with E-state index < -0.39 is 0 Å². The van der Waals surface area contributed by atoms with Gasteiger partial charge in [-0.05, 0) is 51.3 Å².